The van der Waals surface area contributed by atoms with Crippen LogP contribution < -0.4 is 0 Å². The molecule has 4 heteroatoms. The molecule has 2 aliphatic heterocycles. The second-order valence-electron chi connectivity index (χ2n) is 5.25. The Hall–Kier alpha value is -0.610. The Morgan fingerprint density at radius 3 is 2.00 bits per heavy atom. The van der Waals surface area contributed by atoms with E-state index in [2.05, 4.69) is 13.8 Å². The highest BCUT2D eigenvalue weighted by molar-refractivity contribution is 5.77. The van der Waals surface area contributed by atoms with Gasteiger partial charge in [-0.1, -0.05) is 13.8 Å². The van der Waals surface area contributed by atoms with Gasteiger partial charge >= 0.3 is 5.97 Å². The highest BCUT2D eigenvalue weighted by atomic mass is 16.5. The van der Waals surface area contributed by atoms with Crippen LogP contribution in [0.3, 0.4) is 0 Å². The number of rotatable bonds is 4. The molecule has 0 aliphatic carbocycles. The molecule has 0 radical (unpaired) electrons. The first kappa shape index (κ1) is 10.9. The number of carboxylic acids is 1. The van der Waals surface area contributed by atoms with E-state index in [9.17, 15) is 9.90 Å². The third-order valence-corrected chi connectivity index (χ3v) is 3.68. The van der Waals surface area contributed by atoms with Crippen molar-refractivity contribution in [3.05, 3.63) is 0 Å². The standard InChI is InChI=1S/C11H18O4/c1-8(2)3-10(4-14-5-10)11(9(12)13)6-15-7-11/h8H,3-7H2,1-2H3,(H,12,13). The first-order valence-corrected chi connectivity index (χ1v) is 5.41. The lowest BCUT2D eigenvalue weighted by atomic mass is 9.57. The summed E-state index contributed by atoms with van der Waals surface area (Å²) >= 11 is 0. The predicted octanol–water partition coefficient (Wildman–Crippen LogP) is 1.15. The molecule has 2 fully saturated rings. The lowest BCUT2D eigenvalue weighted by Crippen LogP contribution is -2.67. The molecule has 0 bridgehead atoms. The van der Waals surface area contributed by atoms with Gasteiger partial charge in [0.25, 0.3) is 0 Å². The van der Waals surface area contributed by atoms with Gasteiger partial charge in [0.05, 0.1) is 26.4 Å². The maximum absolute atomic E-state index is 11.4. The lowest BCUT2D eigenvalue weighted by molar-refractivity contribution is -0.271. The number of hydrogen-bond acceptors (Lipinski definition) is 3. The topological polar surface area (TPSA) is 55.8 Å². The van der Waals surface area contributed by atoms with Gasteiger partial charge < -0.3 is 14.6 Å². The van der Waals surface area contributed by atoms with Crippen molar-refractivity contribution in [2.24, 2.45) is 16.7 Å². The maximum atomic E-state index is 11.4. The summed E-state index contributed by atoms with van der Waals surface area (Å²) in [6.45, 7) is 6.07. The minimum absolute atomic E-state index is 0.189. The predicted molar refractivity (Wildman–Crippen MR) is 53.6 cm³/mol. The van der Waals surface area contributed by atoms with Gasteiger partial charge in [-0.05, 0) is 12.3 Å². The Kier molecular flexibility index (Phi) is 2.51. The molecule has 0 atom stereocenters. The van der Waals surface area contributed by atoms with Crippen molar-refractivity contribution in [1.29, 1.82) is 0 Å². The third-order valence-electron chi connectivity index (χ3n) is 3.68. The second kappa shape index (κ2) is 3.46. The van der Waals surface area contributed by atoms with Crippen LogP contribution in [0, 0.1) is 16.7 Å². The van der Waals surface area contributed by atoms with E-state index in [-0.39, 0.29) is 5.41 Å². The Balaban J connectivity index is 2.20. The molecule has 1 N–H and O–H groups in total. The van der Waals surface area contributed by atoms with E-state index in [1.807, 2.05) is 0 Å². The van der Waals surface area contributed by atoms with Crippen molar-refractivity contribution in [3.63, 3.8) is 0 Å². The average Bonchev–Trinajstić information content (AvgIpc) is 1.95. The summed E-state index contributed by atoms with van der Waals surface area (Å²) in [6, 6.07) is 0. The number of aliphatic carboxylic acids is 1. The quantitative estimate of drug-likeness (QED) is 0.762. The monoisotopic (exact) mass is 214 g/mol. The Labute approximate surface area is 89.6 Å². The molecule has 0 saturated carbocycles. The van der Waals surface area contributed by atoms with Crippen molar-refractivity contribution in [3.8, 4) is 0 Å². The van der Waals surface area contributed by atoms with Gasteiger partial charge in [0.15, 0.2) is 0 Å². The number of hydrogen-bond donors (Lipinski definition) is 1. The summed E-state index contributed by atoms with van der Waals surface area (Å²) in [6.07, 6.45) is 0.905. The minimum atomic E-state index is -0.724. The van der Waals surface area contributed by atoms with E-state index in [1.54, 1.807) is 0 Å². The summed E-state index contributed by atoms with van der Waals surface area (Å²) in [5.41, 5.74) is -0.874. The first-order chi connectivity index (χ1) is 7.02. The molecule has 2 aliphatic rings. The van der Waals surface area contributed by atoms with Crippen LogP contribution in [0.1, 0.15) is 20.3 Å². The summed E-state index contributed by atoms with van der Waals surface area (Å²) < 4.78 is 10.4. The molecule has 86 valence electrons. The summed E-state index contributed by atoms with van der Waals surface area (Å²) in [5, 5.41) is 9.36. The van der Waals surface area contributed by atoms with E-state index in [1.165, 1.54) is 0 Å². The van der Waals surface area contributed by atoms with Crippen LogP contribution in [0.25, 0.3) is 0 Å². The van der Waals surface area contributed by atoms with Gasteiger partial charge in [0.2, 0.25) is 0 Å². The zero-order valence-electron chi connectivity index (χ0n) is 9.28. The van der Waals surface area contributed by atoms with Crippen LogP contribution in [0.15, 0.2) is 0 Å². The van der Waals surface area contributed by atoms with E-state index in [0.717, 1.165) is 6.42 Å². The molecule has 2 rings (SSSR count). The van der Waals surface area contributed by atoms with Crippen LogP contribution in [0.2, 0.25) is 0 Å². The second-order valence-corrected chi connectivity index (χ2v) is 5.25. The van der Waals surface area contributed by atoms with Gasteiger partial charge in [-0.15, -0.1) is 0 Å². The molecule has 15 heavy (non-hydrogen) atoms. The number of carbonyl (C=O) groups is 1. The van der Waals surface area contributed by atoms with Gasteiger partial charge in [0.1, 0.15) is 5.41 Å². The third kappa shape index (κ3) is 1.39. The fourth-order valence-corrected chi connectivity index (χ4v) is 2.68. The van der Waals surface area contributed by atoms with E-state index in [4.69, 9.17) is 9.47 Å². The smallest absolute Gasteiger partial charge is 0.315 e. The maximum Gasteiger partial charge on any atom is 0.315 e. The van der Waals surface area contributed by atoms with Crippen molar-refractivity contribution < 1.29 is 19.4 Å². The molecule has 2 saturated heterocycles. The van der Waals surface area contributed by atoms with Gasteiger partial charge in [-0.3, -0.25) is 4.79 Å². The zero-order valence-corrected chi connectivity index (χ0v) is 9.28. The molecule has 0 aromatic heterocycles. The van der Waals surface area contributed by atoms with Crippen LogP contribution in [-0.2, 0) is 14.3 Å². The molecular formula is C11H18O4. The Morgan fingerprint density at radius 2 is 1.80 bits per heavy atom. The van der Waals surface area contributed by atoms with Crippen molar-refractivity contribution in [2.45, 2.75) is 20.3 Å². The van der Waals surface area contributed by atoms with E-state index < -0.39 is 11.4 Å². The van der Waals surface area contributed by atoms with Gasteiger partial charge in [-0.25, -0.2) is 0 Å². The molecule has 0 spiro atoms. The van der Waals surface area contributed by atoms with Gasteiger partial charge in [0, 0.05) is 5.41 Å². The molecule has 0 unspecified atom stereocenters. The fraction of sp³-hybridized carbons (Fsp3) is 0.909. The zero-order chi connectivity index (χ0) is 11.1. The molecule has 0 aromatic rings. The van der Waals surface area contributed by atoms with E-state index >= 15 is 0 Å². The molecule has 4 nitrogen and oxygen atoms in total. The minimum Gasteiger partial charge on any atom is -0.481 e. The number of ether oxygens (including phenoxy) is 2. The Bertz CT molecular complexity index is 264. The van der Waals surface area contributed by atoms with Crippen LogP contribution in [0.5, 0.6) is 0 Å². The lowest BCUT2D eigenvalue weighted by Gasteiger charge is -2.57. The molecule has 0 amide bonds. The van der Waals surface area contributed by atoms with Crippen LogP contribution >= 0.6 is 0 Å². The highest BCUT2D eigenvalue weighted by Crippen LogP contribution is 2.53. The van der Waals surface area contributed by atoms with Crippen LogP contribution in [0.4, 0.5) is 0 Å². The summed E-state index contributed by atoms with van der Waals surface area (Å²) in [4.78, 5) is 11.4. The van der Waals surface area contributed by atoms with E-state index in [0.29, 0.717) is 32.3 Å². The first-order valence-electron chi connectivity index (χ1n) is 5.41. The largest absolute Gasteiger partial charge is 0.481 e. The summed E-state index contributed by atoms with van der Waals surface area (Å²) in [7, 11) is 0. The normalized spacial score (nSPS) is 26.9. The van der Waals surface area contributed by atoms with Gasteiger partial charge in [-0.2, -0.15) is 0 Å². The SMILES string of the molecule is CC(C)CC1(C2(C(=O)O)COC2)COC1. The molecule has 0 aromatic carbocycles. The molecular weight excluding hydrogens is 196 g/mol. The number of carboxylic acid groups (broad SMARTS) is 1. The summed E-state index contributed by atoms with van der Waals surface area (Å²) in [5.74, 6) is -0.233. The van der Waals surface area contributed by atoms with Crippen LogP contribution in [-0.4, -0.2) is 37.5 Å². The van der Waals surface area contributed by atoms with Crippen molar-refractivity contribution in [1.82, 2.24) is 0 Å². The fourth-order valence-electron chi connectivity index (χ4n) is 2.68. The van der Waals surface area contributed by atoms with Crippen molar-refractivity contribution >= 4 is 5.97 Å². The average molecular weight is 214 g/mol. The van der Waals surface area contributed by atoms with Crippen molar-refractivity contribution in [2.75, 3.05) is 26.4 Å². The Morgan fingerprint density at radius 1 is 1.27 bits per heavy atom. The highest BCUT2D eigenvalue weighted by Gasteiger charge is 2.64. The molecule has 2 heterocycles.